The molecule has 0 radical (unpaired) electrons. The molecule has 0 fully saturated rings. The largest absolute Gasteiger partial charge is 0.360 e. The van der Waals surface area contributed by atoms with E-state index in [2.05, 4.69) is 17.9 Å². The highest BCUT2D eigenvalue weighted by molar-refractivity contribution is 7.80. The van der Waals surface area contributed by atoms with E-state index in [0.29, 0.717) is 0 Å². The summed E-state index contributed by atoms with van der Waals surface area (Å²) in [6, 6.07) is 10.8. The van der Waals surface area contributed by atoms with Gasteiger partial charge in [-0.15, -0.1) is 12.6 Å². The zero-order valence-electron chi connectivity index (χ0n) is 7.23. The van der Waals surface area contributed by atoms with Crippen molar-refractivity contribution in [3.63, 3.8) is 0 Å². The van der Waals surface area contributed by atoms with Gasteiger partial charge >= 0.3 is 0 Å². The van der Waals surface area contributed by atoms with Gasteiger partial charge < -0.3 is 5.32 Å². The quantitative estimate of drug-likeness (QED) is 0.570. The third kappa shape index (κ3) is 2.85. The molecule has 0 aliphatic heterocycles. The highest BCUT2D eigenvalue weighted by atomic mass is 32.1. The Morgan fingerprint density at radius 1 is 1.21 bits per heavy atom. The van der Waals surface area contributed by atoms with Crippen LogP contribution >= 0.6 is 12.6 Å². The summed E-state index contributed by atoms with van der Waals surface area (Å²) in [7, 11) is 0. The second kappa shape index (κ2) is 4.96. The monoisotopic (exact) mass is 201 g/mol. The molecule has 0 aromatic heterocycles. The lowest BCUT2D eigenvalue weighted by molar-refractivity contribution is 1.43. The lowest BCUT2D eigenvalue weighted by atomic mass is 10.3. The molecule has 68 valence electrons. The van der Waals surface area contributed by atoms with Crippen LogP contribution in [0.15, 0.2) is 40.9 Å². The van der Waals surface area contributed by atoms with Gasteiger partial charge in [0.1, 0.15) is 17.7 Å². The van der Waals surface area contributed by atoms with Gasteiger partial charge in [-0.2, -0.15) is 10.5 Å². The van der Waals surface area contributed by atoms with E-state index in [0.717, 1.165) is 10.6 Å². The lowest BCUT2D eigenvalue weighted by Gasteiger charge is -1.99. The van der Waals surface area contributed by atoms with Gasteiger partial charge in [0.15, 0.2) is 0 Å². The molecule has 1 aromatic rings. The fourth-order valence-corrected chi connectivity index (χ4v) is 0.952. The zero-order chi connectivity index (χ0) is 10.4. The molecule has 4 heteroatoms. The van der Waals surface area contributed by atoms with Gasteiger partial charge in [0, 0.05) is 16.8 Å². The summed E-state index contributed by atoms with van der Waals surface area (Å²) in [5.74, 6) is 0. The Labute approximate surface area is 87.7 Å². The number of allylic oxidation sites excluding steroid dienone is 1. The standard InChI is InChI=1S/C10H7N3S/c11-5-8(6-12)7-13-9-1-3-10(14)4-2-9/h1-4,7,13-14H. The third-order valence-corrected chi connectivity index (χ3v) is 1.79. The molecule has 0 aliphatic carbocycles. The average Bonchev–Trinajstić information content (AvgIpc) is 2.22. The first-order chi connectivity index (χ1) is 6.76. The number of benzene rings is 1. The first kappa shape index (κ1) is 10.2. The molecule has 0 amide bonds. The molecule has 0 unspecified atom stereocenters. The molecule has 0 aliphatic rings. The van der Waals surface area contributed by atoms with Crippen LogP contribution in [0.25, 0.3) is 0 Å². The van der Waals surface area contributed by atoms with Crippen LogP contribution in [0.5, 0.6) is 0 Å². The zero-order valence-corrected chi connectivity index (χ0v) is 8.12. The molecule has 0 atom stereocenters. The fraction of sp³-hybridized carbons (Fsp3) is 0. The van der Waals surface area contributed by atoms with Gasteiger partial charge in [0.25, 0.3) is 0 Å². The second-order valence-electron chi connectivity index (χ2n) is 2.47. The molecule has 0 saturated carbocycles. The van der Waals surface area contributed by atoms with Gasteiger partial charge in [-0.05, 0) is 24.3 Å². The highest BCUT2D eigenvalue weighted by Gasteiger charge is 1.91. The summed E-state index contributed by atoms with van der Waals surface area (Å²) >= 11 is 4.13. The van der Waals surface area contributed by atoms with Gasteiger partial charge in [-0.25, -0.2) is 0 Å². The smallest absolute Gasteiger partial charge is 0.145 e. The maximum Gasteiger partial charge on any atom is 0.145 e. The Hall–Kier alpha value is -1.91. The van der Waals surface area contributed by atoms with Crippen molar-refractivity contribution in [1.82, 2.24) is 0 Å². The number of thiol groups is 1. The van der Waals surface area contributed by atoms with Crippen LogP contribution in [0, 0.1) is 22.7 Å². The molecule has 0 spiro atoms. The highest BCUT2D eigenvalue weighted by Crippen LogP contribution is 2.12. The van der Waals surface area contributed by atoms with Crippen LogP contribution in [0.4, 0.5) is 5.69 Å². The minimum absolute atomic E-state index is 0.0416. The lowest BCUT2D eigenvalue weighted by Crippen LogP contribution is -1.88. The summed E-state index contributed by atoms with van der Waals surface area (Å²) in [6.07, 6.45) is 1.37. The molecule has 1 aromatic carbocycles. The number of hydrogen-bond donors (Lipinski definition) is 2. The Balaban J connectivity index is 2.73. The summed E-state index contributed by atoms with van der Waals surface area (Å²) in [5.41, 5.74) is 0.853. The van der Waals surface area contributed by atoms with E-state index >= 15 is 0 Å². The predicted molar refractivity (Wildman–Crippen MR) is 56.6 cm³/mol. The number of rotatable bonds is 2. The molecule has 3 nitrogen and oxygen atoms in total. The van der Waals surface area contributed by atoms with E-state index in [1.54, 1.807) is 12.1 Å². The minimum Gasteiger partial charge on any atom is -0.360 e. The Morgan fingerprint density at radius 2 is 1.79 bits per heavy atom. The molecule has 0 heterocycles. The van der Waals surface area contributed by atoms with E-state index in [4.69, 9.17) is 10.5 Å². The van der Waals surface area contributed by atoms with Gasteiger partial charge in [0.05, 0.1) is 0 Å². The van der Waals surface area contributed by atoms with E-state index in [-0.39, 0.29) is 5.57 Å². The SMILES string of the molecule is N#CC(C#N)=CNc1ccc(S)cc1. The first-order valence-electron chi connectivity index (χ1n) is 3.82. The van der Waals surface area contributed by atoms with Crippen molar-refractivity contribution in [1.29, 1.82) is 10.5 Å². The normalized spacial score (nSPS) is 8.21. The summed E-state index contributed by atoms with van der Waals surface area (Å²) in [4.78, 5) is 0.861. The van der Waals surface area contributed by atoms with Gasteiger partial charge in [-0.3, -0.25) is 0 Å². The number of anilines is 1. The van der Waals surface area contributed by atoms with Crippen LogP contribution in [-0.4, -0.2) is 0 Å². The van der Waals surface area contributed by atoms with E-state index in [1.807, 2.05) is 24.3 Å². The topological polar surface area (TPSA) is 59.6 Å². The minimum atomic E-state index is 0.0416. The van der Waals surface area contributed by atoms with Crippen molar-refractivity contribution < 1.29 is 0 Å². The first-order valence-corrected chi connectivity index (χ1v) is 4.27. The van der Waals surface area contributed by atoms with Crippen LogP contribution in [0.1, 0.15) is 0 Å². The number of nitriles is 2. The fourth-order valence-electron chi connectivity index (χ4n) is 0.803. The van der Waals surface area contributed by atoms with Gasteiger partial charge in [0.2, 0.25) is 0 Å². The van der Waals surface area contributed by atoms with Crippen LogP contribution in [0.3, 0.4) is 0 Å². The second-order valence-corrected chi connectivity index (χ2v) is 2.99. The van der Waals surface area contributed by atoms with Crippen LogP contribution in [0.2, 0.25) is 0 Å². The molecule has 0 bridgehead atoms. The summed E-state index contributed by atoms with van der Waals surface area (Å²) < 4.78 is 0. The summed E-state index contributed by atoms with van der Waals surface area (Å²) in [6.45, 7) is 0. The molecular weight excluding hydrogens is 194 g/mol. The van der Waals surface area contributed by atoms with E-state index in [1.165, 1.54) is 6.20 Å². The Kier molecular flexibility index (Phi) is 3.60. The number of hydrogen-bond acceptors (Lipinski definition) is 4. The average molecular weight is 201 g/mol. The number of nitrogens with zero attached hydrogens (tertiary/aromatic N) is 2. The maximum atomic E-state index is 8.46. The van der Waals surface area contributed by atoms with Crippen molar-refractivity contribution in [3.05, 3.63) is 36.0 Å². The van der Waals surface area contributed by atoms with Gasteiger partial charge in [-0.1, -0.05) is 0 Å². The summed E-state index contributed by atoms with van der Waals surface area (Å²) in [5, 5.41) is 19.7. The molecule has 0 saturated heterocycles. The maximum absolute atomic E-state index is 8.46. The number of nitrogens with one attached hydrogen (secondary N) is 1. The van der Waals surface area contributed by atoms with Crippen molar-refractivity contribution in [2.75, 3.05) is 5.32 Å². The van der Waals surface area contributed by atoms with Crippen LogP contribution < -0.4 is 5.32 Å². The van der Waals surface area contributed by atoms with Crippen molar-refractivity contribution in [3.8, 4) is 12.1 Å². The molecule has 1 rings (SSSR count). The Morgan fingerprint density at radius 3 is 2.29 bits per heavy atom. The van der Waals surface area contributed by atoms with Crippen molar-refractivity contribution in [2.24, 2.45) is 0 Å². The van der Waals surface area contributed by atoms with Crippen molar-refractivity contribution >= 4 is 18.3 Å². The third-order valence-electron chi connectivity index (χ3n) is 1.49. The van der Waals surface area contributed by atoms with E-state index < -0.39 is 0 Å². The molecular formula is C10H7N3S. The van der Waals surface area contributed by atoms with Crippen molar-refractivity contribution in [2.45, 2.75) is 4.90 Å². The molecule has 14 heavy (non-hydrogen) atoms. The Bertz CT molecular complexity index is 404. The van der Waals surface area contributed by atoms with E-state index in [9.17, 15) is 0 Å². The van der Waals surface area contributed by atoms with Crippen LogP contribution in [-0.2, 0) is 0 Å². The predicted octanol–water partition coefficient (Wildman–Crippen LogP) is 2.32. The molecule has 1 N–H and O–H groups in total.